The second kappa shape index (κ2) is 7.56. The lowest BCUT2D eigenvalue weighted by Gasteiger charge is -2.13. The monoisotopic (exact) mass is 385 g/mol. The molecule has 2 heterocycles. The Kier molecular flexibility index (Phi) is 5.36. The van der Waals surface area contributed by atoms with Crippen LogP contribution < -0.4 is 10.9 Å². The maximum absolute atomic E-state index is 12.6. The van der Waals surface area contributed by atoms with Gasteiger partial charge in [0.25, 0.3) is 5.56 Å². The predicted octanol–water partition coefficient (Wildman–Crippen LogP) is 2.81. The summed E-state index contributed by atoms with van der Waals surface area (Å²) in [7, 11) is 1.75. The van der Waals surface area contributed by atoms with Crippen molar-refractivity contribution in [1.29, 1.82) is 0 Å². The molecule has 7 nitrogen and oxygen atoms in total. The summed E-state index contributed by atoms with van der Waals surface area (Å²) in [5.41, 5.74) is 4.78. The van der Waals surface area contributed by atoms with E-state index in [0.29, 0.717) is 22.7 Å². The van der Waals surface area contributed by atoms with Gasteiger partial charge in [0.1, 0.15) is 5.52 Å². The van der Waals surface area contributed by atoms with E-state index in [4.69, 9.17) is 0 Å². The maximum Gasteiger partial charge on any atom is 0.282 e. The summed E-state index contributed by atoms with van der Waals surface area (Å²) in [5.74, 6) is 0.0450. The number of carbonyl (C=O) groups is 1. The van der Waals surface area contributed by atoms with E-state index in [2.05, 4.69) is 15.4 Å². The molecular formula is C19H23N5O2S. The molecule has 0 saturated heterocycles. The number of aromatic nitrogens is 4. The topological polar surface area (TPSA) is 81.8 Å². The minimum absolute atomic E-state index is 0.127. The lowest BCUT2D eigenvalue weighted by molar-refractivity contribution is -0.113. The number of anilines is 1. The summed E-state index contributed by atoms with van der Waals surface area (Å²) in [4.78, 5) is 29.6. The van der Waals surface area contributed by atoms with E-state index < -0.39 is 0 Å². The smallest absolute Gasteiger partial charge is 0.282 e. The summed E-state index contributed by atoms with van der Waals surface area (Å²) in [6.45, 7) is 8.34. The van der Waals surface area contributed by atoms with Gasteiger partial charge in [0.15, 0.2) is 10.7 Å². The van der Waals surface area contributed by atoms with E-state index >= 15 is 0 Å². The average molecular weight is 385 g/mol. The van der Waals surface area contributed by atoms with E-state index in [0.717, 1.165) is 16.8 Å². The predicted molar refractivity (Wildman–Crippen MR) is 108 cm³/mol. The molecule has 2 aromatic heterocycles. The minimum atomic E-state index is -0.184. The van der Waals surface area contributed by atoms with E-state index in [1.54, 1.807) is 22.5 Å². The highest BCUT2D eigenvalue weighted by atomic mass is 32.2. The first-order valence-corrected chi connectivity index (χ1v) is 9.73. The molecule has 0 aliphatic carbocycles. The number of fused-ring (bicyclic) bond motifs is 1. The number of benzene rings is 1. The fraction of sp³-hybridized carbons (Fsp3) is 0.368. The first kappa shape index (κ1) is 19.2. The number of rotatable bonds is 5. The lowest BCUT2D eigenvalue weighted by atomic mass is 10.1. The summed E-state index contributed by atoms with van der Waals surface area (Å²) in [6.07, 6.45) is 1.71. The van der Waals surface area contributed by atoms with Crippen LogP contribution in [0.25, 0.3) is 11.0 Å². The number of carbonyl (C=O) groups excluding carboxylic acids is 1. The van der Waals surface area contributed by atoms with Crippen LogP contribution in [0.3, 0.4) is 0 Å². The minimum Gasteiger partial charge on any atom is -0.325 e. The molecule has 3 rings (SSSR count). The van der Waals surface area contributed by atoms with Gasteiger partial charge >= 0.3 is 0 Å². The molecule has 0 unspecified atom stereocenters. The SMILES string of the molecule is CCn1c(SCC(=O)Nc2c(C)cc(C)cc2C)nc2cn(C)nc2c1=O. The molecule has 0 spiro atoms. The Morgan fingerprint density at radius 1 is 1.22 bits per heavy atom. The van der Waals surface area contributed by atoms with E-state index in [1.165, 1.54) is 17.3 Å². The van der Waals surface area contributed by atoms with Gasteiger partial charge in [-0.3, -0.25) is 18.8 Å². The molecule has 27 heavy (non-hydrogen) atoms. The number of thioether (sulfide) groups is 1. The fourth-order valence-electron chi connectivity index (χ4n) is 3.16. The third-order valence-electron chi connectivity index (χ3n) is 4.29. The summed E-state index contributed by atoms with van der Waals surface area (Å²) < 4.78 is 3.12. The van der Waals surface area contributed by atoms with Crippen molar-refractivity contribution in [3.63, 3.8) is 0 Å². The number of hydrogen-bond acceptors (Lipinski definition) is 5. The third-order valence-corrected chi connectivity index (χ3v) is 5.27. The highest BCUT2D eigenvalue weighted by molar-refractivity contribution is 7.99. The Morgan fingerprint density at radius 3 is 2.52 bits per heavy atom. The molecular weight excluding hydrogens is 362 g/mol. The van der Waals surface area contributed by atoms with Crippen molar-refractivity contribution >= 4 is 34.4 Å². The van der Waals surface area contributed by atoms with Crippen molar-refractivity contribution < 1.29 is 4.79 Å². The Morgan fingerprint density at radius 2 is 1.89 bits per heavy atom. The molecule has 0 fully saturated rings. The van der Waals surface area contributed by atoms with Crippen molar-refractivity contribution in [2.75, 3.05) is 11.1 Å². The molecule has 3 aromatic rings. The molecule has 0 aliphatic heterocycles. The third kappa shape index (κ3) is 3.90. The largest absolute Gasteiger partial charge is 0.325 e. The number of amides is 1. The fourth-order valence-corrected chi connectivity index (χ4v) is 4.02. The van der Waals surface area contributed by atoms with Crippen LogP contribution in [0.2, 0.25) is 0 Å². The van der Waals surface area contributed by atoms with Crippen LogP contribution in [0, 0.1) is 20.8 Å². The summed E-state index contributed by atoms with van der Waals surface area (Å²) in [6, 6.07) is 4.09. The van der Waals surface area contributed by atoms with Crippen molar-refractivity contribution in [3.05, 3.63) is 45.4 Å². The molecule has 0 atom stereocenters. The standard InChI is InChI=1S/C19H23N5O2S/c1-6-24-18(26)17-14(9-23(5)22-17)20-19(24)27-10-15(25)21-16-12(3)7-11(2)8-13(16)4/h7-9H,6,10H2,1-5H3,(H,21,25). The molecule has 8 heteroatoms. The van der Waals surface area contributed by atoms with Crippen LogP contribution in [-0.2, 0) is 18.4 Å². The molecule has 142 valence electrons. The van der Waals surface area contributed by atoms with Crippen LogP contribution in [0.4, 0.5) is 5.69 Å². The van der Waals surface area contributed by atoms with Gasteiger partial charge in [-0.25, -0.2) is 4.98 Å². The van der Waals surface area contributed by atoms with E-state index in [-0.39, 0.29) is 17.2 Å². The van der Waals surface area contributed by atoms with Crippen molar-refractivity contribution in [2.45, 2.75) is 39.4 Å². The van der Waals surface area contributed by atoms with Gasteiger partial charge in [-0.15, -0.1) is 0 Å². The quantitative estimate of drug-likeness (QED) is 0.539. The molecule has 0 radical (unpaired) electrons. The summed E-state index contributed by atoms with van der Waals surface area (Å²) >= 11 is 1.25. The number of aryl methyl sites for hydroxylation is 4. The Hall–Kier alpha value is -2.61. The molecule has 0 saturated carbocycles. The van der Waals surface area contributed by atoms with Gasteiger partial charge in [0.05, 0.1) is 11.9 Å². The number of nitrogens with zero attached hydrogens (tertiary/aromatic N) is 4. The van der Waals surface area contributed by atoms with Crippen molar-refractivity contribution in [2.24, 2.45) is 7.05 Å². The van der Waals surface area contributed by atoms with Gasteiger partial charge in [0, 0.05) is 19.3 Å². The van der Waals surface area contributed by atoms with Crippen LogP contribution in [0.5, 0.6) is 0 Å². The van der Waals surface area contributed by atoms with Crippen molar-refractivity contribution in [3.8, 4) is 0 Å². The van der Waals surface area contributed by atoms with Crippen LogP contribution >= 0.6 is 11.8 Å². The van der Waals surface area contributed by atoms with Gasteiger partial charge < -0.3 is 5.32 Å². The molecule has 1 amide bonds. The second-order valence-corrected chi connectivity index (χ2v) is 7.53. The Balaban J connectivity index is 1.80. The van der Waals surface area contributed by atoms with Gasteiger partial charge in [-0.1, -0.05) is 29.5 Å². The second-order valence-electron chi connectivity index (χ2n) is 6.59. The normalized spacial score (nSPS) is 11.1. The summed E-state index contributed by atoms with van der Waals surface area (Å²) in [5, 5.41) is 7.67. The highest BCUT2D eigenvalue weighted by Crippen LogP contribution is 2.23. The van der Waals surface area contributed by atoms with Gasteiger partial charge in [0.2, 0.25) is 5.91 Å². The van der Waals surface area contributed by atoms with Crippen LogP contribution in [-0.4, -0.2) is 31.0 Å². The maximum atomic E-state index is 12.6. The Bertz CT molecular complexity index is 1060. The van der Waals surface area contributed by atoms with Crippen LogP contribution in [0.1, 0.15) is 23.6 Å². The zero-order valence-electron chi connectivity index (χ0n) is 16.2. The van der Waals surface area contributed by atoms with Crippen LogP contribution in [0.15, 0.2) is 28.3 Å². The zero-order chi connectivity index (χ0) is 19.7. The Labute approximate surface area is 161 Å². The molecule has 1 N–H and O–H groups in total. The average Bonchev–Trinajstić information content (AvgIpc) is 2.97. The van der Waals surface area contributed by atoms with E-state index in [9.17, 15) is 9.59 Å². The molecule has 0 aliphatic rings. The highest BCUT2D eigenvalue weighted by Gasteiger charge is 2.15. The van der Waals surface area contributed by atoms with Gasteiger partial charge in [-0.05, 0) is 38.8 Å². The van der Waals surface area contributed by atoms with Crippen molar-refractivity contribution in [1.82, 2.24) is 19.3 Å². The first-order valence-electron chi connectivity index (χ1n) is 8.74. The van der Waals surface area contributed by atoms with Gasteiger partial charge in [-0.2, -0.15) is 5.10 Å². The first-order chi connectivity index (χ1) is 12.8. The lowest BCUT2D eigenvalue weighted by Crippen LogP contribution is -2.23. The van der Waals surface area contributed by atoms with E-state index in [1.807, 2.05) is 39.8 Å². The molecule has 0 bridgehead atoms. The number of hydrogen-bond donors (Lipinski definition) is 1. The zero-order valence-corrected chi connectivity index (χ0v) is 17.0. The number of nitrogens with one attached hydrogen (secondary N) is 1. The molecule has 1 aromatic carbocycles.